The number of nitrogens with zero attached hydrogens (tertiary/aromatic N) is 1. The van der Waals surface area contributed by atoms with Gasteiger partial charge in [-0.25, -0.2) is 4.98 Å². The van der Waals surface area contributed by atoms with E-state index in [1.165, 1.54) is 18.4 Å². The predicted octanol–water partition coefficient (Wildman–Crippen LogP) is 1.59. The van der Waals surface area contributed by atoms with Gasteiger partial charge in [0.2, 0.25) is 0 Å². The molecule has 1 N–H and O–H groups in total. The summed E-state index contributed by atoms with van der Waals surface area (Å²) in [6.45, 7) is 5.09. The Morgan fingerprint density at radius 3 is 2.57 bits per heavy atom. The van der Waals surface area contributed by atoms with Crippen molar-refractivity contribution in [1.82, 2.24) is 10.3 Å². The van der Waals surface area contributed by atoms with E-state index >= 15 is 0 Å². The number of nitrogens with one attached hydrogen (secondary N) is 1. The summed E-state index contributed by atoms with van der Waals surface area (Å²) in [5.74, 6) is -1.05. The first kappa shape index (κ1) is 17.3. The SMILES string of the molecule is CCc1csc(C(=O)NCC(=O)CC(C)(C)C(=O)OC)n1. The number of aromatic nitrogens is 1. The van der Waals surface area contributed by atoms with Crippen LogP contribution in [0.3, 0.4) is 0 Å². The molecule has 0 aromatic carbocycles. The molecule has 0 bridgehead atoms. The van der Waals surface area contributed by atoms with Crippen molar-refractivity contribution in [2.45, 2.75) is 33.6 Å². The molecule has 21 heavy (non-hydrogen) atoms. The molecular weight excluding hydrogens is 292 g/mol. The van der Waals surface area contributed by atoms with Crippen LogP contribution in [0.15, 0.2) is 5.38 Å². The normalized spacial score (nSPS) is 11.0. The van der Waals surface area contributed by atoms with Gasteiger partial charge < -0.3 is 10.1 Å². The van der Waals surface area contributed by atoms with Gasteiger partial charge in [0.15, 0.2) is 10.8 Å². The van der Waals surface area contributed by atoms with Crippen LogP contribution >= 0.6 is 11.3 Å². The molecule has 1 aromatic rings. The monoisotopic (exact) mass is 312 g/mol. The van der Waals surface area contributed by atoms with E-state index in [2.05, 4.69) is 15.0 Å². The lowest BCUT2D eigenvalue weighted by molar-refractivity contribution is -0.152. The van der Waals surface area contributed by atoms with Gasteiger partial charge >= 0.3 is 5.97 Å². The minimum atomic E-state index is -0.896. The highest BCUT2D eigenvalue weighted by molar-refractivity contribution is 7.11. The maximum Gasteiger partial charge on any atom is 0.311 e. The Kier molecular flexibility index (Phi) is 6.02. The summed E-state index contributed by atoms with van der Waals surface area (Å²) in [5, 5.41) is 4.68. The number of ketones is 1. The van der Waals surface area contributed by atoms with Gasteiger partial charge in [-0.15, -0.1) is 11.3 Å². The van der Waals surface area contributed by atoms with Crippen molar-refractivity contribution in [1.29, 1.82) is 0 Å². The minimum Gasteiger partial charge on any atom is -0.469 e. The zero-order chi connectivity index (χ0) is 16.0. The van der Waals surface area contributed by atoms with Crippen LogP contribution in [0.1, 0.15) is 42.7 Å². The summed E-state index contributed by atoms with van der Waals surface area (Å²) in [6, 6.07) is 0. The fraction of sp³-hybridized carbons (Fsp3) is 0.571. The maximum absolute atomic E-state index is 11.8. The predicted molar refractivity (Wildman–Crippen MR) is 79.2 cm³/mol. The largest absolute Gasteiger partial charge is 0.469 e. The fourth-order valence-electron chi connectivity index (χ4n) is 1.73. The number of thiazole rings is 1. The van der Waals surface area contributed by atoms with Gasteiger partial charge in [-0.1, -0.05) is 6.92 Å². The number of hydrogen-bond acceptors (Lipinski definition) is 6. The first-order valence-corrected chi connectivity index (χ1v) is 7.50. The molecule has 0 radical (unpaired) electrons. The number of ether oxygens (including phenoxy) is 1. The number of carbonyl (C=O) groups excluding carboxylic acids is 3. The number of esters is 1. The lowest BCUT2D eigenvalue weighted by atomic mass is 9.87. The van der Waals surface area contributed by atoms with Crippen molar-refractivity contribution in [3.8, 4) is 0 Å². The number of aryl methyl sites for hydroxylation is 1. The highest BCUT2D eigenvalue weighted by Crippen LogP contribution is 2.22. The second-order valence-corrected chi connectivity index (χ2v) is 6.13. The molecule has 0 aliphatic heterocycles. The summed E-state index contributed by atoms with van der Waals surface area (Å²) >= 11 is 1.25. The second kappa shape index (κ2) is 7.31. The first-order chi connectivity index (χ1) is 9.80. The lowest BCUT2D eigenvalue weighted by Gasteiger charge is -2.20. The van der Waals surface area contributed by atoms with E-state index in [1.807, 2.05) is 12.3 Å². The molecule has 0 aliphatic rings. The van der Waals surface area contributed by atoms with Gasteiger partial charge in [-0.2, -0.15) is 0 Å². The van der Waals surface area contributed by atoms with Crippen molar-refractivity contribution in [2.75, 3.05) is 13.7 Å². The Morgan fingerprint density at radius 2 is 2.05 bits per heavy atom. The van der Waals surface area contributed by atoms with Crippen LogP contribution in [0.4, 0.5) is 0 Å². The zero-order valence-corrected chi connectivity index (χ0v) is 13.5. The topological polar surface area (TPSA) is 85.4 Å². The summed E-state index contributed by atoms with van der Waals surface area (Å²) < 4.78 is 4.64. The van der Waals surface area contributed by atoms with Crippen molar-refractivity contribution in [3.05, 3.63) is 16.1 Å². The summed E-state index contributed by atoms with van der Waals surface area (Å²) in [7, 11) is 1.28. The molecule has 1 amide bonds. The fourth-order valence-corrected chi connectivity index (χ4v) is 2.55. The zero-order valence-electron chi connectivity index (χ0n) is 12.7. The summed E-state index contributed by atoms with van der Waals surface area (Å²) in [5.41, 5.74) is -0.0454. The quantitative estimate of drug-likeness (QED) is 0.773. The third-order valence-electron chi connectivity index (χ3n) is 2.93. The Morgan fingerprint density at radius 1 is 1.38 bits per heavy atom. The van der Waals surface area contributed by atoms with Crippen molar-refractivity contribution < 1.29 is 19.1 Å². The van der Waals surface area contributed by atoms with Crippen molar-refractivity contribution in [3.63, 3.8) is 0 Å². The van der Waals surface area contributed by atoms with Gasteiger partial charge in [0, 0.05) is 11.8 Å². The van der Waals surface area contributed by atoms with Gasteiger partial charge in [-0.3, -0.25) is 14.4 Å². The molecule has 0 unspecified atom stereocenters. The number of carbonyl (C=O) groups is 3. The van der Waals surface area contributed by atoms with Gasteiger partial charge in [0.25, 0.3) is 5.91 Å². The van der Waals surface area contributed by atoms with Crippen molar-refractivity contribution in [2.24, 2.45) is 5.41 Å². The lowest BCUT2D eigenvalue weighted by Crippen LogP contribution is -2.34. The Bertz CT molecular complexity index is 537. The number of Topliss-reactive ketones (excluding diaryl/α,β-unsaturated/α-hetero) is 1. The molecule has 0 saturated carbocycles. The molecule has 0 saturated heterocycles. The molecule has 0 aliphatic carbocycles. The van der Waals surface area contributed by atoms with E-state index < -0.39 is 11.4 Å². The average Bonchev–Trinajstić information content (AvgIpc) is 2.92. The van der Waals surface area contributed by atoms with E-state index in [9.17, 15) is 14.4 Å². The molecule has 1 aromatic heterocycles. The molecule has 0 spiro atoms. The minimum absolute atomic E-state index is 0.0119. The van der Waals surface area contributed by atoms with E-state index in [0.717, 1.165) is 12.1 Å². The van der Waals surface area contributed by atoms with Gasteiger partial charge in [0.1, 0.15) is 0 Å². The van der Waals surface area contributed by atoms with E-state index in [4.69, 9.17) is 0 Å². The van der Waals surface area contributed by atoms with Crippen LogP contribution in [0.2, 0.25) is 0 Å². The molecule has 0 atom stereocenters. The third kappa shape index (κ3) is 4.93. The van der Waals surface area contributed by atoms with Gasteiger partial charge in [-0.05, 0) is 20.3 Å². The standard InChI is InChI=1S/C14H20N2O4S/c1-5-9-8-21-12(16-9)11(18)15-7-10(17)6-14(2,3)13(19)20-4/h8H,5-7H2,1-4H3,(H,15,18). The van der Waals surface area contributed by atoms with Crippen LogP contribution < -0.4 is 5.32 Å². The maximum atomic E-state index is 11.8. The molecule has 1 heterocycles. The average molecular weight is 312 g/mol. The Hall–Kier alpha value is -1.76. The Labute approximate surface area is 127 Å². The van der Waals surface area contributed by atoms with E-state index in [1.54, 1.807) is 13.8 Å². The third-order valence-corrected chi connectivity index (χ3v) is 3.82. The van der Waals surface area contributed by atoms with E-state index in [-0.39, 0.29) is 24.7 Å². The highest BCUT2D eigenvalue weighted by atomic mass is 32.1. The summed E-state index contributed by atoms with van der Waals surface area (Å²) in [4.78, 5) is 39.3. The van der Waals surface area contributed by atoms with Crippen LogP contribution in [0.25, 0.3) is 0 Å². The molecule has 116 valence electrons. The highest BCUT2D eigenvalue weighted by Gasteiger charge is 2.31. The Balaban J connectivity index is 2.49. The van der Waals surface area contributed by atoms with E-state index in [0.29, 0.717) is 5.01 Å². The number of methoxy groups -OCH3 is 1. The molecule has 7 heteroatoms. The van der Waals surface area contributed by atoms with Crippen LogP contribution in [-0.4, -0.2) is 36.3 Å². The first-order valence-electron chi connectivity index (χ1n) is 6.63. The molecule has 6 nitrogen and oxygen atoms in total. The second-order valence-electron chi connectivity index (χ2n) is 5.27. The molecule has 1 rings (SSSR count). The van der Waals surface area contributed by atoms with Gasteiger partial charge in [0.05, 0.1) is 24.8 Å². The number of rotatable bonds is 7. The number of hydrogen-bond donors (Lipinski definition) is 1. The molecule has 0 fully saturated rings. The van der Waals surface area contributed by atoms with Crippen LogP contribution in [-0.2, 0) is 20.7 Å². The van der Waals surface area contributed by atoms with Crippen molar-refractivity contribution >= 4 is 29.0 Å². The van der Waals surface area contributed by atoms with Crippen LogP contribution in [0, 0.1) is 5.41 Å². The van der Waals surface area contributed by atoms with Crippen LogP contribution in [0.5, 0.6) is 0 Å². The number of amides is 1. The summed E-state index contributed by atoms with van der Waals surface area (Å²) in [6.07, 6.45) is 0.772. The smallest absolute Gasteiger partial charge is 0.311 e. The molecular formula is C14H20N2O4S.